The van der Waals surface area contributed by atoms with Gasteiger partial charge in [0, 0.05) is 18.7 Å². The van der Waals surface area contributed by atoms with E-state index in [1.807, 2.05) is 47.4 Å². The molecule has 2 amide bonds. The minimum atomic E-state index is -4.37. The molecule has 0 aliphatic heterocycles. The van der Waals surface area contributed by atoms with Crippen LogP contribution in [0, 0.1) is 0 Å². The lowest BCUT2D eigenvalue weighted by Crippen LogP contribution is -2.48. The molecule has 1 unspecified atom stereocenters. The van der Waals surface area contributed by atoms with Gasteiger partial charge in [-0.05, 0) is 36.1 Å². The van der Waals surface area contributed by atoms with Crippen molar-refractivity contribution >= 4 is 39.1 Å². The second-order valence-electron chi connectivity index (χ2n) is 8.01. The molecule has 1 aromatic heterocycles. The van der Waals surface area contributed by atoms with Crippen LogP contribution >= 0.6 is 11.3 Å². The number of carbonyl (C=O) groups excluding carboxylic acids is 2. The van der Waals surface area contributed by atoms with Crippen LogP contribution in [-0.2, 0) is 39.2 Å². The van der Waals surface area contributed by atoms with E-state index in [0.29, 0.717) is 12.8 Å². The van der Waals surface area contributed by atoms with Gasteiger partial charge in [-0.15, -0.1) is 11.3 Å². The molecule has 0 saturated heterocycles. The maximum Gasteiger partial charge on any atom is 0.357 e. The Balaban J connectivity index is 1.81. The maximum atomic E-state index is 13.3. The lowest BCUT2D eigenvalue weighted by molar-refractivity contribution is -0.128. The van der Waals surface area contributed by atoms with E-state index >= 15 is 0 Å². The number of aromatic nitrogens is 1. The van der Waals surface area contributed by atoms with Crippen LogP contribution in [-0.4, -0.2) is 35.8 Å². The molecular weight excluding hydrogens is 488 g/mol. The normalized spacial score (nSPS) is 13.0. The minimum Gasteiger partial charge on any atom is -0.345 e. The first-order valence-corrected chi connectivity index (χ1v) is 13.3. The number of nitrogens with one attached hydrogen (secondary N) is 3. The molecule has 4 N–H and O–H groups in total. The molecule has 0 spiro atoms. The smallest absolute Gasteiger partial charge is 0.345 e. The Bertz CT molecular complexity index is 1240. The van der Waals surface area contributed by atoms with E-state index in [9.17, 15) is 18.0 Å². The van der Waals surface area contributed by atoms with Crippen molar-refractivity contribution in [2.45, 2.75) is 45.2 Å². The van der Waals surface area contributed by atoms with Crippen LogP contribution in [0.5, 0.6) is 0 Å². The number of hydrogen-bond donors (Lipinski definition) is 4. The van der Waals surface area contributed by atoms with Crippen molar-refractivity contribution in [3.8, 4) is 0 Å². The Kier molecular flexibility index (Phi) is 8.96. The maximum absolute atomic E-state index is 13.3. The molecule has 0 aliphatic carbocycles. The molecule has 0 radical (unpaired) electrons. The number of aryl methyl sites for hydroxylation is 1. The van der Waals surface area contributed by atoms with Gasteiger partial charge in [0.25, 0.3) is 0 Å². The predicted octanol–water partition coefficient (Wildman–Crippen LogP) is 3.07. The summed E-state index contributed by atoms with van der Waals surface area (Å²) >= 11 is 1.45. The van der Waals surface area contributed by atoms with Crippen molar-refractivity contribution in [2.24, 2.45) is 0 Å². The SMILES string of the molecule is CCc1csc(C(Cc2ccc(NS(=O)(=O)O)cc2)NC(=O)[C@H](Cc2ccccc2)NC(C)=O)n1. The van der Waals surface area contributed by atoms with Gasteiger partial charge in [-0.3, -0.25) is 18.9 Å². The number of rotatable bonds is 11. The van der Waals surface area contributed by atoms with Crippen molar-refractivity contribution in [3.05, 3.63) is 81.8 Å². The van der Waals surface area contributed by atoms with Gasteiger partial charge >= 0.3 is 10.3 Å². The number of amides is 2. The topological polar surface area (TPSA) is 137 Å². The third-order valence-corrected chi connectivity index (χ3v) is 6.66. The molecule has 0 aliphatic rings. The third kappa shape index (κ3) is 8.46. The van der Waals surface area contributed by atoms with Gasteiger partial charge in [-0.2, -0.15) is 8.42 Å². The molecule has 35 heavy (non-hydrogen) atoms. The van der Waals surface area contributed by atoms with Gasteiger partial charge in [-0.1, -0.05) is 49.4 Å². The number of nitrogens with zero attached hydrogens (tertiary/aromatic N) is 1. The highest BCUT2D eigenvalue weighted by Gasteiger charge is 2.25. The van der Waals surface area contributed by atoms with Crippen molar-refractivity contribution in [2.75, 3.05) is 4.72 Å². The van der Waals surface area contributed by atoms with E-state index in [4.69, 9.17) is 4.55 Å². The molecule has 0 saturated carbocycles. The van der Waals surface area contributed by atoms with Crippen LogP contribution in [0.2, 0.25) is 0 Å². The van der Waals surface area contributed by atoms with E-state index in [1.54, 1.807) is 12.1 Å². The molecule has 3 rings (SSSR count). The first-order valence-electron chi connectivity index (χ1n) is 11.0. The molecule has 2 atom stereocenters. The van der Waals surface area contributed by atoms with E-state index in [0.717, 1.165) is 28.2 Å². The average molecular weight is 517 g/mol. The van der Waals surface area contributed by atoms with Crippen LogP contribution in [0.25, 0.3) is 0 Å². The highest BCUT2D eigenvalue weighted by Crippen LogP contribution is 2.24. The highest BCUT2D eigenvalue weighted by atomic mass is 32.2. The zero-order valence-corrected chi connectivity index (χ0v) is 21.0. The number of hydrogen-bond acceptors (Lipinski definition) is 6. The molecule has 2 aromatic carbocycles. The molecule has 186 valence electrons. The van der Waals surface area contributed by atoms with Gasteiger partial charge < -0.3 is 10.6 Å². The fourth-order valence-corrected chi connectivity index (χ4v) is 4.90. The Hall–Kier alpha value is -3.28. The van der Waals surface area contributed by atoms with Gasteiger partial charge in [0.2, 0.25) is 11.8 Å². The number of anilines is 1. The molecule has 9 nitrogen and oxygen atoms in total. The van der Waals surface area contributed by atoms with E-state index in [1.165, 1.54) is 30.4 Å². The van der Waals surface area contributed by atoms with E-state index in [2.05, 4.69) is 15.6 Å². The Morgan fingerprint density at radius 2 is 1.66 bits per heavy atom. The second kappa shape index (κ2) is 11.9. The van der Waals surface area contributed by atoms with E-state index in [-0.39, 0.29) is 17.5 Å². The standard InChI is InChI=1S/C24H28N4O5S2/c1-3-19-15-34-24(26-19)22(14-18-9-11-20(12-10-18)28-35(31,32)33)27-23(30)21(25-16(2)29)13-17-7-5-4-6-8-17/h4-12,15,21-22,28H,3,13-14H2,1-2H3,(H,25,29)(H,27,30)(H,31,32,33)/t21-,22?/m0/s1. The van der Waals surface area contributed by atoms with Gasteiger partial charge in [-0.25, -0.2) is 4.98 Å². The quantitative estimate of drug-likeness (QED) is 0.289. The summed E-state index contributed by atoms with van der Waals surface area (Å²) in [6, 6.07) is 14.7. The number of thiazole rings is 1. The molecular formula is C24H28N4O5S2. The van der Waals surface area contributed by atoms with Gasteiger partial charge in [0.05, 0.1) is 17.4 Å². The van der Waals surface area contributed by atoms with Crippen LogP contribution in [0.1, 0.15) is 41.7 Å². The first-order chi connectivity index (χ1) is 16.6. The van der Waals surface area contributed by atoms with Crippen LogP contribution in [0.4, 0.5) is 5.69 Å². The second-order valence-corrected chi connectivity index (χ2v) is 10.1. The molecule has 0 bridgehead atoms. The van der Waals surface area contributed by atoms with Gasteiger partial charge in [0.15, 0.2) is 0 Å². The Labute approximate surface area is 208 Å². The lowest BCUT2D eigenvalue weighted by Gasteiger charge is -2.22. The third-order valence-electron chi connectivity index (χ3n) is 5.16. The van der Waals surface area contributed by atoms with Gasteiger partial charge in [0.1, 0.15) is 11.0 Å². The summed E-state index contributed by atoms with van der Waals surface area (Å²) < 4.78 is 33.0. The van der Waals surface area contributed by atoms with Crippen LogP contribution < -0.4 is 15.4 Å². The summed E-state index contributed by atoms with van der Waals surface area (Å²) in [5.41, 5.74) is 2.87. The predicted molar refractivity (Wildman–Crippen MR) is 135 cm³/mol. The molecule has 11 heteroatoms. The first kappa shape index (κ1) is 26.3. The summed E-state index contributed by atoms with van der Waals surface area (Å²) in [6.45, 7) is 3.37. The molecule has 1 heterocycles. The Morgan fingerprint density at radius 3 is 2.23 bits per heavy atom. The van der Waals surface area contributed by atoms with Crippen molar-refractivity contribution < 1.29 is 22.6 Å². The minimum absolute atomic E-state index is 0.216. The highest BCUT2D eigenvalue weighted by molar-refractivity contribution is 7.87. The summed E-state index contributed by atoms with van der Waals surface area (Å²) in [5.74, 6) is -0.631. The summed E-state index contributed by atoms with van der Waals surface area (Å²) in [6.07, 6.45) is 1.50. The summed E-state index contributed by atoms with van der Waals surface area (Å²) in [7, 11) is -4.37. The largest absolute Gasteiger partial charge is 0.357 e. The average Bonchev–Trinajstić information content (AvgIpc) is 3.28. The number of benzene rings is 2. The monoisotopic (exact) mass is 516 g/mol. The zero-order valence-electron chi connectivity index (χ0n) is 19.4. The van der Waals surface area contributed by atoms with Crippen molar-refractivity contribution in [1.82, 2.24) is 15.6 Å². The lowest BCUT2D eigenvalue weighted by atomic mass is 10.0. The van der Waals surface area contributed by atoms with Crippen molar-refractivity contribution in [1.29, 1.82) is 0 Å². The van der Waals surface area contributed by atoms with E-state index < -0.39 is 22.4 Å². The fourth-order valence-electron chi connectivity index (χ4n) is 3.52. The molecule has 0 fully saturated rings. The van der Waals surface area contributed by atoms with Crippen LogP contribution in [0.15, 0.2) is 60.0 Å². The zero-order chi connectivity index (χ0) is 25.4. The van der Waals surface area contributed by atoms with Crippen molar-refractivity contribution in [3.63, 3.8) is 0 Å². The fraction of sp³-hybridized carbons (Fsp3) is 0.292. The summed E-state index contributed by atoms with van der Waals surface area (Å²) in [4.78, 5) is 29.7. The number of carbonyl (C=O) groups is 2. The summed E-state index contributed by atoms with van der Waals surface area (Å²) in [5, 5.41) is 8.46. The molecule has 3 aromatic rings. The Morgan fingerprint density at radius 1 is 1.00 bits per heavy atom. The van der Waals surface area contributed by atoms with Crippen LogP contribution in [0.3, 0.4) is 0 Å².